The fraction of sp³-hybridized carbons (Fsp3) is 0.467. The molecule has 1 aliphatic carbocycles. The number of hydrogen-bond acceptors (Lipinski definition) is 3. The predicted molar refractivity (Wildman–Crippen MR) is 85.6 cm³/mol. The van der Waals surface area contributed by atoms with Crippen LogP contribution in [0.25, 0.3) is 0 Å². The van der Waals surface area contributed by atoms with Gasteiger partial charge in [0.25, 0.3) is 0 Å². The zero-order valence-electron chi connectivity index (χ0n) is 12.1. The molecular formula is C15H21N3O2S. The Morgan fingerprint density at radius 1 is 1.24 bits per heavy atom. The number of carbonyl (C=O) groups excluding carboxylic acids is 2. The molecule has 1 fully saturated rings. The Hall–Kier alpha value is -1.69. The van der Waals surface area contributed by atoms with E-state index in [2.05, 4.69) is 16.0 Å². The fourth-order valence-electron chi connectivity index (χ4n) is 2.27. The summed E-state index contributed by atoms with van der Waals surface area (Å²) in [6.45, 7) is -0.0275. The number of hydrogen-bond donors (Lipinski definition) is 3. The molecule has 0 spiro atoms. The summed E-state index contributed by atoms with van der Waals surface area (Å²) in [6, 6.07) is 7.42. The first-order valence-electron chi connectivity index (χ1n) is 7.20. The third-order valence-corrected chi connectivity index (χ3v) is 4.83. The predicted octanol–water partition coefficient (Wildman–Crippen LogP) is 2.59. The SMILES string of the molecule is CNC(=O)CNC(=O)Nc1ccccc1SC1CCCC1. The molecule has 3 N–H and O–H groups in total. The normalized spacial score (nSPS) is 14.7. The highest BCUT2D eigenvalue weighted by Gasteiger charge is 2.18. The maximum Gasteiger partial charge on any atom is 0.319 e. The van der Waals surface area contributed by atoms with E-state index in [1.165, 1.54) is 32.7 Å². The van der Waals surface area contributed by atoms with Crippen LogP contribution in [0.15, 0.2) is 29.2 Å². The Kier molecular flexibility index (Phi) is 5.92. The largest absolute Gasteiger partial charge is 0.358 e. The Labute approximate surface area is 129 Å². The van der Waals surface area contributed by atoms with E-state index in [1.54, 1.807) is 0 Å². The van der Waals surface area contributed by atoms with Crippen molar-refractivity contribution in [2.45, 2.75) is 35.8 Å². The van der Waals surface area contributed by atoms with E-state index in [0.29, 0.717) is 5.25 Å². The van der Waals surface area contributed by atoms with E-state index < -0.39 is 0 Å². The van der Waals surface area contributed by atoms with Crippen LogP contribution in [-0.4, -0.2) is 30.8 Å². The topological polar surface area (TPSA) is 70.2 Å². The van der Waals surface area contributed by atoms with Gasteiger partial charge in [0.05, 0.1) is 12.2 Å². The van der Waals surface area contributed by atoms with Crippen LogP contribution in [0.5, 0.6) is 0 Å². The monoisotopic (exact) mass is 307 g/mol. The smallest absolute Gasteiger partial charge is 0.319 e. The second-order valence-electron chi connectivity index (χ2n) is 5.00. The minimum Gasteiger partial charge on any atom is -0.358 e. The van der Waals surface area contributed by atoms with Crippen LogP contribution in [0.3, 0.4) is 0 Å². The van der Waals surface area contributed by atoms with E-state index >= 15 is 0 Å². The minimum atomic E-state index is -0.363. The van der Waals surface area contributed by atoms with Crippen molar-refractivity contribution in [2.24, 2.45) is 0 Å². The van der Waals surface area contributed by atoms with Crippen LogP contribution in [-0.2, 0) is 4.79 Å². The van der Waals surface area contributed by atoms with Crippen LogP contribution in [0.1, 0.15) is 25.7 Å². The number of rotatable bonds is 5. The number of urea groups is 1. The summed E-state index contributed by atoms with van der Waals surface area (Å²) in [6.07, 6.45) is 5.06. The standard InChI is InChI=1S/C15H21N3O2S/c1-16-14(19)10-17-15(20)18-12-8-4-5-9-13(12)21-11-6-2-3-7-11/h4-5,8-9,11H,2-3,6-7,10H2,1H3,(H,16,19)(H2,17,18,20). The summed E-state index contributed by atoms with van der Waals surface area (Å²) in [5.74, 6) is -0.223. The zero-order valence-corrected chi connectivity index (χ0v) is 13.0. The van der Waals surface area contributed by atoms with Crippen LogP contribution in [0.2, 0.25) is 0 Å². The molecule has 6 heteroatoms. The molecule has 0 unspecified atom stereocenters. The lowest BCUT2D eigenvalue weighted by molar-refractivity contribution is -0.119. The van der Waals surface area contributed by atoms with Crippen molar-refractivity contribution in [2.75, 3.05) is 18.9 Å². The van der Waals surface area contributed by atoms with Gasteiger partial charge in [0.1, 0.15) is 0 Å². The third kappa shape index (κ3) is 4.97. The summed E-state index contributed by atoms with van der Waals surface area (Å²) >= 11 is 1.83. The van der Waals surface area contributed by atoms with Gasteiger partial charge >= 0.3 is 6.03 Å². The zero-order chi connectivity index (χ0) is 15.1. The number of anilines is 1. The number of amides is 3. The molecule has 21 heavy (non-hydrogen) atoms. The average molecular weight is 307 g/mol. The van der Waals surface area contributed by atoms with Gasteiger partial charge in [-0.3, -0.25) is 4.79 Å². The number of likely N-dealkylation sites (N-methyl/N-ethyl adjacent to an activating group) is 1. The molecule has 0 saturated heterocycles. The first kappa shape index (κ1) is 15.7. The fourth-order valence-corrected chi connectivity index (χ4v) is 3.61. The summed E-state index contributed by atoms with van der Waals surface area (Å²) in [5.41, 5.74) is 0.795. The van der Waals surface area contributed by atoms with Crippen LogP contribution in [0.4, 0.5) is 10.5 Å². The number of thioether (sulfide) groups is 1. The first-order chi connectivity index (χ1) is 10.2. The van der Waals surface area contributed by atoms with Crippen LogP contribution < -0.4 is 16.0 Å². The van der Waals surface area contributed by atoms with Crippen LogP contribution >= 0.6 is 11.8 Å². The molecule has 0 atom stereocenters. The van der Waals surface area contributed by atoms with Gasteiger partial charge in [-0.2, -0.15) is 0 Å². The van der Waals surface area contributed by atoms with Gasteiger partial charge in [-0.1, -0.05) is 25.0 Å². The van der Waals surface area contributed by atoms with Crippen molar-refractivity contribution in [3.8, 4) is 0 Å². The molecule has 3 amide bonds. The second-order valence-corrected chi connectivity index (χ2v) is 6.34. The molecular weight excluding hydrogens is 286 g/mol. The molecule has 0 heterocycles. The Bertz CT molecular complexity index is 501. The van der Waals surface area contributed by atoms with Crippen molar-refractivity contribution >= 4 is 29.4 Å². The molecule has 114 valence electrons. The molecule has 0 radical (unpaired) electrons. The number of benzene rings is 1. The van der Waals surface area contributed by atoms with Gasteiger partial charge in [0.2, 0.25) is 5.91 Å². The maximum absolute atomic E-state index is 11.8. The average Bonchev–Trinajstić information content (AvgIpc) is 3.00. The molecule has 1 aliphatic rings. The van der Waals surface area contributed by atoms with Gasteiger partial charge in [-0.25, -0.2) is 4.79 Å². The summed E-state index contributed by atoms with van der Waals surface area (Å²) in [7, 11) is 1.54. The van der Waals surface area contributed by atoms with E-state index in [9.17, 15) is 9.59 Å². The maximum atomic E-state index is 11.8. The molecule has 1 aromatic rings. The highest BCUT2D eigenvalue weighted by Crippen LogP contribution is 2.37. The van der Waals surface area contributed by atoms with Crippen molar-refractivity contribution < 1.29 is 9.59 Å². The van der Waals surface area contributed by atoms with Crippen molar-refractivity contribution in [1.29, 1.82) is 0 Å². The van der Waals surface area contributed by atoms with E-state index in [-0.39, 0.29) is 18.5 Å². The molecule has 0 aliphatic heterocycles. The van der Waals surface area contributed by atoms with Crippen LogP contribution in [0, 0.1) is 0 Å². The quantitative estimate of drug-likeness (QED) is 0.783. The number of carbonyl (C=O) groups is 2. The summed E-state index contributed by atoms with van der Waals surface area (Å²) in [5, 5.41) is 8.44. The van der Waals surface area contributed by atoms with E-state index in [1.807, 2.05) is 36.0 Å². The Balaban J connectivity index is 1.92. The minimum absolute atomic E-state index is 0.0275. The molecule has 5 nitrogen and oxygen atoms in total. The third-order valence-electron chi connectivity index (χ3n) is 3.42. The van der Waals surface area contributed by atoms with Gasteiger partial charge in [-0.05, 0) is 25.0 Å². The number of para-hydroxylation sites is 1. The lowest BCUT2D eigenvalue weighted by Crippen LogP contribution is -2.37. The molecule has 1 aromatic carbocycles. The van der Waals surface area contributed by atoms with Gasteiger partial charge in [-0.15, -0.1) is 11.8 Å². The summed E-state index contributed by atoms with van der Waals surface area (Å²) < 4.78 is 0. The van der Waals surface area contributed by atoms with E-state index in [4.69, 9.17) is 0 Å². The molecule has 0 bridgehead atoms. The molecule has 2 rings (SSSR count). The van der Waals surface area contributed by atoms with Gasteiger partial charge in [0, 0.05) is 17.2 Å². The Morgan fingerprint density at radius 3 is 2.67 bits per heavy atom. The van der Waals surface area contributed by atoms with Gasteiger partial charge in [0.15, 0.2) is 0 Å². The number of nitrogens with one attached hydrogen (secondary N) is 3. The van der Waals surface area contributed by atoms with E-state index in [0.717, 1.165) is 10.6 Å². The highest BCUT2D eigenvalue weighted by molar-refractivity contribution is 8.00. The van der Waals surface area contributed by atoms with Crippen molar-refractivity contribution in [3.05, 3.63) is 24.3 Å². The lowest BCUT2D eigenvalue weighted by atomic mass is 10.3. The summed E-state index contributed by atoms with van der Waals surface area (Å²) in [4.78, 5) is 24.0. The second kappa shape index (κ2) is 7.93. The lowest BCUT2D eigenvalue weighted by Gasteiger charge is -2.14. The van der Waals surface area contributed by atoms with Crippen molar-refractivity contribution in [1.82, 2.24) is 10.6 Å². The highest BCUT2D eigenvalue weighted by atomic mass is 32.2. The molecule has 1 saturated carbocycles. The Morgan fingerprint density at radius 2 is 1.95 bits per heavy atom. The molecule has 0 aromatic heterocycles. The van der Waals surface area contributed by atoms with Crippen molar-refractivity contribution in [3.63, 3.8) is 0 Å². The first-order valence-corrected chi connectivity index (χ1v) is 8.08. The van der Waals surface area contributed by atoms with Gasteiger partial charge < -0.3 is 16.0 Å².